The largest absolute Gasteiger partial charge is 0.460 e. The number of dihydropyridines is 1. The van der Waals surface area contributed by atoms with Gasteiger partial charge in [0.05, 0.1) is 65.2 Å². The van der Waals surface area contributed by atoms with Gasteiger partial charge in [0.1, 0.15) is 30.6 Å². The zero-order valence-electron chi connectivity index (χ0n) is 53.1. The van der Waals surface area contributed by atoms with Crippen molar-refractivity contribution in [2.75, 3.05) is 48.2 Å². The van der Waals surface area contributed by atoms with Gasteiger partial charge in [-0.25, -0.2) is 14.4 Å². The van der Waals surface area contributed by atoms with Crippen molar-refractivity contribution in [3.8, 4) is 0 Å². The second-order valence-corrected chi connectivity index (χ2v) is 24.3. The summed E-state index contributed by atoms with van der Waals surface area (Å²) in [6.07, 6.45) is 4.55. The highest BCUT2D eigenvalue weighted by molar-refractivity contribution is 6.39. The molecular weight excluding hydrogens is 1130 g/mol. The normalized spacial score (nSPS) is 32.5. The number of amides is 1. The highest BCUT2D eigenvalue weighted by Gasteiger charge is 2.57. The highest BCUT2D eigenvalue weighted by atomic mass is 16.7. The van der Waals surface area contributed by atoms with Crippen LogP contribution in [0.2, 0.25) is 0 Å². The van der Waals surface area contributed by atoms with Gasteiger partial charge < -0.3 is 63.4 Å². The zero-order valence-corrected chi connectivity index (χ0v) is 53.1. The van der Waals surface area contributed by atoms with Crippen LogP contribution in [0.4, 0.5) is 5.69 Å². The Labute approximate surface area is 512 Å². The van der Waals surface area contributed by atoms with Crippen molar-refractivity contribution in [2.45, 2.75) is 200 Å². The molecule has 1 aromatic rings. The summed E-state index contributed by atoms with van der Waals surface area (Å²) in [5.41, 5.74) is 3.26. The standard InChI is InChI=1S/C44H69NO12.C21H26N2O7/c1-10-13-31-19-25(2)18-26(3)20-37(54-8)40-38(55-9)22-28(5)44(52,57-40)41(49)42(50)45-17-12-11-14-32(45)43(51)56-39(29(6)34(47)24-35(31)48)27(4)21-30-15-16-33(46)36(23-30)53-7;1-12(2)30-21(25)18-14(4)22-13(3)17(20(24)29-10-9-28-5)19(18)15-7-6-8-16(11-15)23(26)27/h10,19,21,26,28-34,36-40,46-47,52H,1,11-18,20,22-24H2,2-9H3;6-8,11-12,19,22H,9-10H2,1-5H3/b25-19+,27-21+;/t26-,28+,29+,30-,31+,32-,33+,34-,36+,37-,38-,39+,40+,44+;/m0./s1. The number of rotatable bonds is 15. The van der Waals surface area contributed by atoms with Gasteiger partial charge in [-0.15, -0.1) is 6.58 Å². The molecule has 2 bridgehead atoms. The van der Waals surface area contributed by atoms with Crippen molar-refractivity contribution in [1.82, 2.24) is 10.2 Å². The number of aliphatic hydroxyl groups is 3. The minimum absolute atomic E-state index is 0.00988. The number of hydrogen-bond donors (Lipinski definition) is 4. The predicted molar refractivity (Wildman–Crippen MR) is 321 cm³/mol. The second-order valence-electron chi connectivity index (χ2n) is 24.3. The number of carbonyl (C=O) groups is 6. The maximum atomic E-state index is 14.3. The van der Waals surface area contributed by atoms with Crippen LogP contribution in [0.3, 0.4) is 0 Å². The summed E-state index contributed by atoms with van der Waals surface area (Å²) in [6.45, 7) is 20.2. The number of cyclic esters (lactones) is 1. The van der Waals surface area contributed by atoms with Crippen LogP contribution in [-0.2, 0) is 66.7 Å². The molecule has 1 unspecified atom stereocenters. The average Bonchev–Trinajstić information content (AvgIpc) is 1.43. The Balaban J connectivity index is 0.000000386. The molecule has 5 aliphatic rings. The van der Waals surface area contributed by atoms with Gasteiger partial charge in [-0.3, -0.25) is 24.5 Å². The number of aliphatic hydroxyl groups excluding tert-OH is 2. The number of hydrogen-bond acceptors (Lipinski definition) is 20. The molecule has 0 spiro atoms. The third kappa shape index (κ3) is 18.3. The monoisotopic (exact) mass is 1220 g/mol. The molecule has 3 fully saturated rings. The smallest absolute Gasteiger partial charge is 0.337 e. The number of nitro benzene ring substituents is 1. The molecule has 0 radical (unpaired) electrons. The summed E-state index contributed by atoms with van der Waals surface area (Å²) in [4.78, 5) is 94.4. The van der Waals surface area contributed by atoms with E-state index in [2.05, 4.69) is 11.9 Å². The molecule has 484 valence electrons. The van der Waals surface area contributed by atoms with E-state index in [1.54, 1.807) is 60.8 Å². The fourth-order valence-corrected chi connectivity index (χ4v) is 12.7. The number of nitrogens with one attached hydrogen (secondary N) is 1. The Hall–Kier alpha value is -5.98. The number of allylic oxidation sites excluding steroid dienone is 6. The summed E-state index contributed by atoms with van der Waals surface area (Å²) in [5.74, 6) is -9.89. The van der Waals surface area contributed by atoms with E-state index < -0.39 is 107 Å². The first kappa shape index (κ1) is 71.8. The number of methoxy groups -OCH3 is 4. The first-order chi connectivity index (χ1) is 41.1. The Morgan fingerprint density at radius 3 is 2.16 bits per heavy atom. The third-order valence-corrected chi connectivity index (χ3v) is 17.4. The van der Waals surface area contributed by atoms with Crippen LogP contribution in [0.25, 0.3) is 0 Å². The predicted octanol–water partition coefficient (Wildman–Crippen LogP) is 7.61. The molecule has 2 saturated heterocycles. The second kappa shape index (κ2) is 33.0. The number of benzene rings is 1. The van der Waals surface area contributed by atoms with Gasteiger partial charge in [0, 0.05) is 82.7 Å². The lowest BCUT2D eigenvalue weighted by atomic mass is 9.80. The number of ketones is 2. The molecule has 4 N–H and O–H groups in total. The van der Waals surface area contributed by atoms with Crippen LogP contribution in [0.15, 0.2) is 82.8 Å². The maximum Gasteiger partial charge on any atom is 0.337 e. The first-order valence-corrected chi connectivity index (χ1v) is 30.4. The van der Waals surface area contributed by atoms with Gasteiger partial charge in [-0.2, -0.15) is 0 Å². The molecule has 4 aliphatic heterocycles. The number of non-ortho nitro benzene ring substituents is 1. The van der Waals surface area contributed by atoms with Gasteiger partial charge >= 0.3 is 17.9 Å². The fourth-order valence-electron chi connectivity index (χ4n) is 12.7. The van der Waals surface area contributed by atoms with Gasteiger partial charge in [-0.05, 0) is 129 Å². The van der Waals surface area contributed by atoms with Crippen molar-refractivity contribution in [3.05, 3.63) is 98.4 Å². The molecule has 1 aromatic carbocycles. The summed E-state index contributed by atoms with van der Waals surface area (Å²) in [5, 5.41) is 48.5. The van der Waals surface area contributed by atoms with E-state index in [1.807, 2.05) is 32.9 Å². The van der Waals surface area contributed by atoms with Crippen LogP contribution < -0.4 is 5.32 Å². The zero-order chi connectivity index (χ0) is 64.6. The van der Waals surface area contributed by atoms with Gasteiger partial charge in [-0.1, -0.05) is 56.7 Å². The van der Waals surface area contributed by atoms with E-state index in [-0.39, 0.29) is 85.7 Å². The van der Waals surface area contributed by atoms with Crippen LogP contribution in [0.1, 0.15) is 144 Å². The molecule has 6 rings (SSSR count). The quantitative estimate of drug-likeness (QED) is 0.0250. The van der Waals surface area contributed by atoms with E-state index >= 15 is 0 Å². The summed E-state index contributed by atoms with van der Waals surface area (Å²) >= 11 is 0. The van der Waals surface area contributed by atoms with E-state index in [0.29, 0.717) is 73.9 Å². The molecule has 87 heavy (non-hydrogen) atoms. The lowest BCUT2D eigenvalue weighted by Gasteiger charge is -2.47. The van der Waals surface area contributed by atoms with E-state index in [1.165, 1.54) is 44.4 Å². The highest BCUT2D eigenvalue weighted by Crippen LogP contribution is 2.42. The van der Waals surface area contributed by atoms with Gasteiger partial charge in [0.25, 0.3) is 17.4 Å². The Kier molecular flexibility index (Phi) is 27.2. The number of ether oxygens (including phenoxy) is 8. The molecule has 15 atom stereocenters. The maximum absolute atomic E-state index is 14.3. The SMILES string of the molecule is C=CC[C@@H]1/C=C(\C)C[C@H](C)C[C@H](OC)[C@H]2O[C@@](O)(C(=O)C(=O)N3CCCC[C@H]3C(=O)O[C@H](/C(C)=C/[C@@H]3CC[C@@H](O)[C@H](OC)C3)[C@H](C)[C@@H](O)CC1=O)[C@H](C)C[C@@H]2OC.COCCOC(=O)C1=C(C)NC(C)=C(C(=O)OC(C)C)C1c1cccc([N+](=O)[O-])c1. The minimum atomic E-state index is -2.51. The van der Waals surface area contributed by atoms with Crippen molar-refractivity contribution >= 4 is 41.1 Å². The summed E-state index contributed by atoms with van der Waals surface area (Å²) < 4.78 is 45.3. The van der Waals surface area contributed by atoms with E-state index in [4.69, 9.17) is 37.9 Å². The van der Waals surface area contributed by atoms with Crippen molar-refractivity contribution < 1.29 is 86.9 Å². The molecule has 1 saturated carbocycles. The first-order valence-electron chi connectivity index (χ1n) is 30.4. The molecule has 1 aliphatic carbocycles. The average molecular weight is 1220 g/mol. The Morgan fingerprint density at radius 1 is 0.885 bits per heavy atom. The number of carbonyl (C=O) groups excluding carboxylic acids is 6. The number of esters is 3. The number of Topliss-reactive ketones (excluding diaryl/α,β-unsaturated/α-hetero) is 2. The van der Waals surface area contributed by atoms with E-state index in [9.17, 15) is 54.2 Å². The van der Waals surface area contributed by atoms with Crippen molar-refractivity contribution in [2.24, 2.45) is 29.6 Å². The van der Waals surface area contributed by atoms with Crippen molar-refractivity contribution in [3.63, 3.8) is 0 Å². The summed E-state index contributed by atoms with van der Waals surface area (Å²) in [6, 6.07) is 4.70. The van der Waals surface area contributed by atoms with Crippen molar-refractivity contribution in [1.29, 1.82) is 0 Å². The Morgan fingerprint density at radius 2 is 1.54 bits per heavy atom. The van der Waals surface area contributed by atoms with Crippen LogP contribution >= 0.6 is 0 Å². The minimum Gasteiger partial charge on any atom is -0.460 e. The summed E-state index contributed by atoms with van der Waals surface area (Å²) in [7, 11) is 6.10. The molecule has 0 aromatic heterocycles. The molecule has 1 amide bonds. The number of nitrogens with zero attached hydrogens (tertiary/aromatic N) is 2. The topological polar surface area (TPSA) is 295 Å². The molecular formula is C65H95N3O19. The number of nitro groups is 1. The number of fused-ring (bicyclic) bond motifs is 3. The molecule has 22 heteroatoms. The lowest BCUT2D eigenvalue weighted by molar-refractivity contribution is -0.384. The third-order valence-electron chi connectivity index (χ3n) is 17.4. The van der Waals surface area contributed by atoms with Crippen LogP contribution in [0, 0.1) is 39.7 Å². The fraction of sp³-hybridized carbons (Fsp3) is 0.662. The van der Waals surface area contributed by atoms with Crippen LogP contribution in [0.5, 0.6) is 0 Å². The number of piperidine rings is 1. The van der Waals surface area contributed by atoms with E-state index in [0.717, 1.165) is 5.57 Å². The molecule has 4 heterocycles. The van der Waals surface area contributed by atoms with Gasteiger partial charge in [0.15, 0.2) is 0 Å². The Bertz CT molecular complexity index is 2740. The molecule has 22 nitrogen and oxygen atoms in total. The van der Waals surface area contributed by atoms with Gasteiger partial charge in [0.2, 0.25) is 5.79 Å². The lowest BCUT2D eigenvalue weighted by Crippen LogP contribution is -2.64. The van der Waals surface area contributed by atoms with Crippen LogP contribution in [-0.4, -0.2) is 169 Å².